The topological polar surface area (TPSA) is 97.4 Å². The first-order valence-corrected chi connectivity index (χ1v) is 19.9. The number of hydrogen-bond donors (Lipinski definition) is 0. The summed E-state index contributed by atoms with van der Waals surface area (Å²) in [5, 5.41) is -0.906. The van der Waals surface area contributed by atoms with E-state index < -0.39 is 24.6 Å². The highest BCUT2D eigenvalue weighted by molar-refractivity contribution is 7.69. The largest absolute Gasteiger partial charge is 0.513 e. The Kier molecular flexibility index (Phi) is 27.7. The Morgan fingerprint density at radius 3 is 1.54 bits per heavy atom. The molecule has 0 spiro atoms. The third kappa shape index (κ3) is 15.8. The molecule has 8 nitrogen and oxygen atoms in total. The van der Waals surface area contributed by atoms with Crippen LogP contribution in [0.3, 0.4) is 0 Å². The van der Waals surface area contributed by atoms with Crippen molar-refractivity contribution in [3.05, 3.63) is 109 Å². The van der Waals surface area contributed by atoms with Crippen LogP contribution in [0.15, 0.2) is 109 Å². The van der Waals surface area contributed by atoms with Crippen molar-refractivity contribution in [2.24, 2.45) is 0 Å². The Bertz CT molecular complexity index is 1540. The van der Waals surface area contributed by atoms with E-state index in [1.54, 1.807) is 68.6 Å². The lowest BCUT2D eigenvalue weighted by molar-refractivity contribution is -0.142. The highest BCUT2D eigenvalue weighted by Crippen LogP contribution is 2.62. The molecule has 2 atom stereocenters. The summed E-state index contributed by atoms with van der Waals surface area (Å²) in [6.45, 7) is 22.5. The Labute approximate surface area is 314 Å². The second-order valence-electron chi connectivity index (χ2n) is 10.1. The summed E-state index contributed by atoms with van der Waals surface area (Å²) < 4.78 is 41.4. The fourth-order valence-corrected chi connectivity index (χ4v) is 6.77. The quantitative estimate of drug-likeness (QED) is 0.105. The summed E-state index contributed by atoms with van der Waals surface area (Å²) >= 11 is 0. The first-order valence-electron chi connectivity index (χ1n) is 18.3. The number of ether oxygens (including phenoxy) is 4. The van der Waals surface area contributed by atoms with Gasteiger partial charge >= 0.3 is 12.1 Å². The predicted octanol–water partition coefficient (Wildman–Crippen LogP) is 12.4. The van der Waals surface area contributed by atoms with Gasteiger partial charge in [0.05, 0.1) is 12.4 Å². The summed E-state index contributed by atoms with van der Waals surface area (Å²) in [6, 6.07) is 32.6. The van der Waals surface area contributed by atoms with E-state index in [2.05, 4.69) is 13.8 Å². The Morgan fingerprint density at radius 1 is 0.635 bits per heavy atom. The van der Waals surface area contributed by atoms with Crippen molar-refractivity contribution in [2.45, 2.75) is 94.7 Å². The van der Waals surface area contributed by atoms with Crippen LogP contribution in [0.4, 0.5) is 4.79 Å². The molecule has 0 fully saturated rings. The minimum Gasteiger partial charge on any atom is -0.497 e. The van der Waals surface area contributed by atoms with Crippen LogP contribution >= 0.6 is 7.37 Å². The summed E-state index contributed by atoms with van der Waals surface area (Å²) in [5.41, 5.74) is 1.56. The van der Waals surface area contributed by atoms with Gasteiger partial charge in [0.1, 0.15) is 35.6 Å². The third-order valence-electron chi connectivity index (χ3n) is 6.35. The standard InChI is InChI=1S/C25H23O7P.C7H8O.C3H8.4C2H6/c1-18(26)29-16-25(2,17-30-24(27)31-19-10-4-3-5-11-19)33(28)23-15-9-7-13-21(23)20-12-6-8-14-22(20)32-33;1-8-7-5-3-2-4-6-7;1-3-2;4*1-2/h3-15H,16-17H2,1-2H3;2-6H,1H3;3H2,1-2H3;4*1-2H3. The van der Waals surface area contributed by atoms with Crippen LogP contribution in [-0.2, 0) is 18.8 Å². The normalized spacial score (nSPS) is 13.6. The SMILES string of the molecule is CC.CC.CC.CC.CC(=O)OCC(C)(COC(=O)Oc1ccccc1)P1(=O)Oc2ccccc2-c2ccccc21.CCC.COc1ccccc1. The van der Waals surface area contributed by atoms with E-state index in [0.29, 0.717) is 16.8 Å². The van der Waals surface area contributed by atoms with Gasteiger partial charge < -0.3 is 23.5 Å². The zero-order chi connectivity index (χ0) is 40.0. The molecule has 52 heavy (non-hydrogen) atoms. The van der Waals surface area contributed by atoms with Crippen LogP contribution in [0, 0.1) is 0 Å². The van der Waals surface area contributed by atoms with Crippen LogP contribution in [0.5, 0.6) is 17.2 Å². The van der Waals surface area contributed by atoms with Crippen molar-refractivity contribution in [1.82, 2.24) is 0 Å². The van der Waals surface area contributed by atoms with Crippen molar-refractivity contribution < 1.29 is 37.6 Å². The molecule has 0 aromatic heterocycles. The van der Waals surface area contributed by atoms with Crippen molar-refractivity contribution in [3.8, 4) is 28.4 Å². The summed E-state index contributed by atoms with van der Waals surface area (Å²) in [6.07, 6.45) is 0.285. The zero-order valence-electron chi connectivity index (χ0n) is 33.7. The first-order chi connectivity index (χ1) is 25.2. The van der Waals surface area contributed by atoms with Crippen LogP contribution in [0.1, 0.15) is 89.5 Å². The molecule has 0 saturated carbocycles. The lowest BCUT2D eigenvalue weighted by atomic mass is 10.0. The van der Waals surface area contributed by atoms with Gasteiger partial charge in [-0.1, -0.05) is 148 Å². The minimum absolute atomic E-state index is 0.283. The van der Waals surface area contributed by atoms with Gasteiger partial charge in [-0.25, -0.2) is 4.79 Å². The average Bonchev–Trinajstić information content (AvgIpc) is 3.21. The number of carbonyl (C=O) groups excluding carboxylic acids is 2. The molecule has 0 saturated heterocycles. The first kappa shape index (κ1) is 49.6. The Hall–Kier alpha value is -4.55. The molecule has 9 heteroatoms. The van der Waals surface area contributed by atoms with Gasteiger partial charge in [0.2, 0.25) is 0 Å². The molecule has 1 heterocycles. The zero-order valence-corrected chi connectivity index (χ0v) is 34.6. The van der Waals surface area contributed by atoms with Gasteiger partial charge in [0.25, 0.3) is 7.37 Å². The number of fused-ring (bicyclic) bond motifs is 3. The highest BCUT2D eigenvalue weighted by Gasteiger charge is 2.53. The van der Waals surface area contributed by atoms with Crippen molar-refractivity contribution >= 4 is 24.8 Å². The van der Waals surface area contributed by atoms with E-state index in [9.17, 15) is 14.2 Å². The number of carbonyl (C=O) groups is 2. The maximum atomic E-state index is 14.6. The predicted molar refractivity (Wildman–Crippen MR) is 218 cm³/mol. The number of benzene rings is 4. The van der Waals surface area contributed by atoms with Crippen LogP contribution < -0.4 is 19.3 Å². The molecule has 0 aliphatic carbocycles. The molecular formula is C43H63O8P. The van der Waals surface area contributed by atoms with E-state index in [0.717, 1.165) is 16.9 Å². The summed E-state index contributed by atoms with van der Waals surface area (Å²) in [4.78, 5) is 24.0. The monoisotopic (exact) mass is 738 g/mol. The van der Waals surface area contributed by atoms with E-state index in [1.807, 2.05) is 110 Å². The molecule has 4 aromatic rings. The van der Waals surface area contributed by atoms with Gasteiger partial charge in [0, 0.05) is 12.5 Å². The van der Waals surface area contributed by atoms with Gasteiger partial charge in [-0.3, -0.25) is 9.36 Å². The van der Waals surface area contributed by atoms with E-state index >= 15 is 0 Å². The minimum atomic E-state index is -3.76. The molecule has 0 N–H and O–H groups in total. The molecule has 1 aliphatic heterocycles. The molecule has 5 rings (SSSR count). The van der Waals surface area contributed by atoms with Crippen molar-refractivity contribution in [2.75, 3.05) is 20.3 Å². The maximum absolute atomic E-state index is 14.6. The van der Waals surface area contributed by atoms with Crippen LogP contribution in [0.25, 0.3) is 11.1 Å². The molecule has 2 unspecified atom stereocenters. The van der Waals surface area contributed by atoms with E-state index in [-0.39, 0.29) is 13.2 Å². The lowest BCUT2D eigenvalue weighted by Gasteiger charge is -2.39. The van der Waals surface area contributed by atoms with Gasteiger partial charge in [0.15, 0.2) is 0 Å². The fraction of sp³-hybridized carbons (Fsp3) is 0.395. The maximum Gasteiger partial charge on any atom is 0.513 e. The van der Waals surface area contributed by atoms with E-state index in [1.165, 1.54) is 13.3 Å². The number of hydrogen-bond acceptors (Lipinski definition) is 8. The van der Waals surface area contributed by atoms with Gasteiger partial charge in [-0.15, -0.1) is 0 Å². The molecule has 0 amide bonds. The molecule has 0 bridgehead atoms. The van der Waals surface area contributed by atoms with Gasteiger partial charge in [-0.2, -0.15) is 0 Å². The number of esters is 1. The summed E-state index contributed by atoms with van der Waals surface area (Å²) in [7, 11) is -2.10. The second kappa shape index (κ2) is 29.1. The number of methoxy groups -OCH3 is 1. The lowest BCUT2D eigenvalue weighted by Crippen LogP contribution is -2.44. The summed E-state index contributed by atoms with van der Waals surface area (Å²) in [5.74, 6) is 1.11. The molecule has 288 valence electrons. The van der Waals surface area contributed by atoms with Crippen molar-refractivity contribution in [1.29, 1.82) is 0 Å². The van der Waals surface area contributed by atoms with Crippen molar-refractivity contribution in [3.63, 3.8) is 0 Å². The van der Waals surface area contributed by atoms with E-state index in [4.69, 9.17) is 23.5 Å². The number of rotatable bonds is 7. The second-order valence-corrected chi connectivity index (χ2v) is 13.0. The van der Waals surface area contributed by atoms with Gasteiger partial charge in [-0.05, 0) is 48.9 Å². The van der Waals surface area contributed by atoms with Crippen LogP contribution in [-0.4, -0.2) is 37.6 Å². The molecule has 1 aliphatic rings. The van der Waals surface area contributed by atoms with Crippen LogP contribution in [0.2, 0.25) is 0 Å². The third-order valence-corrected chi connectivity index (χ3v) is 9.50. The average molecular weight is 739 g/mol. The fourth-order valence-electron chi connectivity index (χ4n) is 4.17. The molecule has 4 aromatic carbocycles. The molecule has 0 radical (unpaired) electrons. The Morgan fingerprint density at radius 2 is 1.06 bits per heavy atom. The Balaban J connectivity index is 0. The molecular weight excluding hydrogens is 675 g/mol. The smallest absolute Gasteiger partial charge is 0.497 e. The number of para-hydroxylation sites is 3. The highest BCUT2D eigenvalue weighted by atomic mass is 31.2.